The molecule has 0 saturated carbocycles. The molecule has 2 amide bonds. The summed E-state index contributed by atoms with van der Waals surface area (Å²) >= 11 is 0. The Labute approximate surface area is 190 Å². The second-order valence-electron chi connectivity index (χ2n) is 9.21. The lowest BCUT2D eigenvalue weighted by Gasteiger charge is -2.30. The van der Waals surface area contributed by atoms with E-state index in [4.69, 9.17) is 9.72 Å². The maximum absolute atomic E-state index is 13.1. The van der Waals surface area contributed by atoms with Gasteiger partial charge in [0.25, 0.3) is 5.91 Å². The van der Waals surface area contributed by atoms with Gasteiger partial charge in [0, 0.05) is 51.9 Å². The smallest absolute Gasteiger partial charge is 0.257 e. The van der Waals surface area contributed by atoms with Crippen LogP contribution in [0, 0.1) is 5.92 Å². The van der Waals surface area contributed by atoms with Crippen molar-refractivity contribution in [3.8, 4) is 0 Å². The van der Waals surface area contributed by atoms with Crippen LogP contribution in [0.1, 0.15) is 48.7 Å². The van der Waals surface area contributed by atoms with Crippen molar-refractivity contribution in [3.05, 3.63) is 17.5 Å². The Bertz CT molecular complexity index is 792. The van der Waals surface area contributed by atoms with Crippen molar-refractivity contribution in [2.45, 2.75) is 39.0 Å². The number of hydrogen-bond acceptors (Lipinski definition) is 7. The minimum absolute atomic E-state index is 0.000316. The van der Waals surface area contributed by atoms with Crippen molar-refractivity contribution in [3.63, 3.8) is 0 Å². The molecule has 3 saturated heterocycles. The molecule has 0 aromatic carbocycles. The van der Waals surface area contributed by atoms with Gasteiger partial charge in [-0.3, -0.25) is 14.5 Å². The number of aromatic nitrogens is 2. The van der Waals surface area contributed by atoms with Crippen LogP contribution in [0.3, 0.4) is 0 Å². The van der Waals surface area contributed by atoms with Crippen molar-refractivity contribution in [1.82, 2.24) is 25.1 Å². The van der Waals surface area contributed by atoms with Gasteiger partial charge in [0.2, 0.25) is 11.9 Å². The number of carbonyl (C=O) groups is 2. The molecule has 0 radical (unpaired) electrons. The minimum atomic E-state index is -0.000316. The number of likely N-dealkylation sites (tertiary alicyclic amines) is 2. The van der Waals surface area contributed by atoms with Gasteiger partial charge in [0.15, 0.2) is 0 Å². The van der Waals surface area contributed by atoms with Crippen molar-refractivity contribution in [2.24, 2.45) is 5.92 Å². The summed E-state index contributed by atoms with van der Waals surface area (Å²) in [6, 6.07) is 0. The molecule has 1 unspecified atom stereocenters. The highest BCUT2D eigenvalue weighted by Crippen LogP contribution is 2.19. The molecule has 9 heteroatoms. The van der Waals surface area contributed by atoms with Crippen molar-refractivity contribution in [2.75, 3.05) is 70.5 Å². The van der Waals surface area contributed by atoms with Crippen molar-refractivity contribution >= 4 is 17.8 Å². The van der Waals surface area contributed by atoms with E-state index >= 15 is 0 Å². The lowest BCUT2D eigenvalue weighted by atomic mass is 10.0. The van der Waals surface area contributed by atoms with E-state index in [1.54, 1.807) is 6.20 Å². The highest BCUT2D eigenvalue weighted by Gasteiger charge is 2.25. The van der Waals surface area contributed by atoms with E-state index < -0.39 is 0 Å². The first-order valence-corrected chi connectivity index (χ1v) is 12.1. The molecule has 4 heterocycles. The van der Waals surface area contributed by atoms with Crippen LogP contribution in [0.15, 0.2) is 6.20 Å². The highest BCUT2D eigenvalue weighted by molar-refractivity contribution is 5.95. The monoisotopic (exact) mass is 444 g/mol. The maximum atomic E-state index is 13.1. The number of nitrogens with zero attached hydrogens (tertiary/aromatic N) is 5. The van der Waals surface area contributed by atoms with Crippen LogP contribution in [0.4, 0.5) is 5.95 Å². The van der Waals surface area contributed by atoms with Gasteiger partial charge >= 0.3 is 0 Å². The number of carbonyl (C=O) groups excluding carboxylic acids is 2. The molecule has 9 nitrogen and oxygen atoms in total. The first-order chi connectivity index (χ1) is 15.6. The molecular weight excluding hydrogens is 408 g/mol. The maximum Gasteiger partial charge on any atom is 0.257 e. The number of amides is 2. The number of rotatable bonds is 7. The van der Waals surface area contributed by atoms with E-state index in [0.717, 1.165) is 58.5 Å². The Morgan fingerprint density at radius 2 is 1.91 bits per heavy atom. The number of hydrogen-bond donors (Lipinski definition) is 1. The highest BCUT2D eigenvalue weighted by atomic mass is 16.5. The van der Waals surface area contributed by atoms with Crippen LogP contribution in [0.25, 0.3) is 0 Å². The van der Waals surface area contributed by atoms with E-state index in [1.165, 1.54) is 6.42 Å². The molecule has 4 rings (SSSR count). The van der Waals surface area contributed by atoms with Gasteiger partial charge in [0.05, 0.1) is 31.0 Å². The van der Waals surface area contributed by atoms with E-state index in [1.807, 2.05) is 4.90 Å². The zero-order valence-corrected chi connectivity index (χ0v) is 19.2. The molecule has 0 bridgehead atoms. The van der Waals surface area contributed by atoms with E-state index in [9.17, 15) is 9.59 Å². The molecular formula is C23H36N6O3. The van der Waals surface area contributed by atoms with E-state index in [0.29, 0.717) is 55.8 Å². The second-order valence-corrected chi connectivity index (χ2v) is 9.21. The molecule has 1 atom stereocenters. The molecule has 32 heavy (non-hydrogen) atoms. The molecule has 3 aliphatic rings. The van der Waals surface area contributed by atoms with Gasteiger partial charge in [-0.2, -0.15) is 0 Å². The van der Waals surface area contributed by atoms with Crippen LogP contribution in [-0.2, 0) is 16.0 Å². The van der Waals surface area contributed by atoms with Gasteiger partial charge in [-0.25, -0.2) is 9.97 Å². The minimum Gasteiger partial charge on any atom is -0.378 e. The second kappa shape index (κ2) is 11.0. The molecule has 0 spiro atoms. The molecule has 3 aliphatic heterocycles. The predicted octanol–water partition coefficient (Wildman–Crippen LogP) is 0.940. The molecule has 1 aromatic rings. The van der Waals surface area contributed by atoms with Crippen molar-refractivity contribution in [1.29, 1.82) is 0 Å². The fourth-order valence-corrected chi connectivity index (χ4v) is 4.79. The summed E-state index contributed by atoms with van der Waals surface area (Å²) < 4.78 is 5.43. The predicted molar refractivity (Wildman–Crippen MR) is 122 cm³/mol. The average Bonchev–Trinajstić information content (AvgIpc) is 3.34. The Morgan fingerprint density at radius 1 is 1.12 bits per heavy atom. The summed E-state index contributed by atoms with van der Waals surface area (Å²) in [5, 5.41) is 3.03. The fraction of sp³-hybridized carbons (Fsp3) is 0.739. The fourth-order valence-electron chi connectivity index (χ4n) is 4.79. The number of nitrogens with one attached hydrogen (secondary N) is 1. The van der Waals surface area contributed by atoms with Crippen molar-refractivity contribution < 1.29 is 14.3 Å². The number of ether oxygens (including phenoxy) is 1. The average molecular weight is 445 g/mol. The molecule has 0 aliphatic carbocycles. The SMILES string of the molecule is CC1CCCN(CC(=O)NCCc2nc(N3CCOCC3)ncc2C(=O)N2CCCC2)C1. The normalized spacial score (nSPS) is 22.2. The first kappa shape index (κ1) is 22.9. The molecule has 176 valence electrons. The van der Waals surface area contributed by atoms with E-state index in [2.05, 4.69) is 27.0 Å². The van der Waals surface area contributed by atoms with Crippen LogP contribution in [0.2, 0.25) is 0 Å². The summed E-state index contributed by atoms with van der Waals surface area (Å²) in [7, 11) is 0. The largest absolute Gasteiger partial charge is 0.378 e. The van der Waals surface area contributed by atoms with Gasteiger partial charge in [0.1, 0.15) is 0 Å². The van der Waals surface area contributed by atoms with E-state index in [-0.39, 0.29) is 11.8 Å². The van der Waals surface area contributed by atoms with Crippen LogP contribution in [0.5, 0.6) is 0 Å². The Kier molecular flexibility index (Phi) is 7.91. The zero-order chi connectivity index (χ0) is 22.3. The molecule has 1 N–H and O–H groups in total. The first-order valence-electron chi connectivity index (χ1n) is 12.1. The summed E-state index contributed by atoms with van der Waals surface area (Å²) in [5.41, 5.74) is 1.27. The van der Waals surface area contributed by atoms with Gasteiger partial charge < -0.3 is 19.9 Å². The standard InChI is InChI=1S/C23H36N6O3/c1-18-5-4-8-27(16-18)17-21(30)24-7-6-20-19(22(31)28-9-2-3-10-28)15-25-23(26-20)29-11-13-32-14-12-29/h15,18H,2-14,16-17H2,1H3,(H,24,30). The number of morpholine rings is 1. The summed E-state index contributed by atoms with van der Waals surface area (Å²) in [4.78, 5) is 41.0. The Morgan fingerprint density at radius 3 is 2.66 bits per heavy atom. The van der Waals surface area contributed by atoms with Crippen LogP contribution in [-0.4, -0.2) is 97.2 Å². The summed E-state index contributed by atoms with van der Waals surface area (Å²) in [6.07, 6.45) is 6.66. The topological polar surface area (TPSA) is 90.9 Å². The third-order valence-corrected chi connectivity index (χ3v) is 6.56. The number of piperidine rings is 1. The van der Waals surface area contributed by atoms with Crippen LogP contribution < -0.4 is 10.2 Å². The zero-order valence-electron chi connectivity index (χ0n) is 19.2. The van der Waals surface area contributed by atoms with Crippen LogP contribution >= 0.6 is 0 Å². The van der Waals surface area contributed by atoms with Gasteiger partial charge in [-0.15, -0.1) is 0 Å². The van der Waals surface area contributed by atoms with Gasteiger partial charge in [-0.1, -0.05) is 6.92 Å². The number of anilines is 1. The quantitative estimate of drug-likeness (QED) is 0.669. The third kappa shape index (κ3) is 5.95. The van der Waals surface area contributed by atoms with Gasteiger partial charge in [-0.05, 0) is 38.1 Å². The lowest BCUT2D eigenvalue weighted by Crippen LogP contribution is -2.42. The summed E-state index contributed by atoms with van der Waals surface area (Å²) in [5.74, 6) is 1.32. The Balaban J connectivity index is 1.39. The molecule has 1 aromatic heterocycles. The molecule has 3 fully saturated rings. The Hall–Kier alpha value is -2.26. The third-order valence-electron chi connectivity index (χ3n) is 6.56. The summed E-state index contributed by atoms with van der Waals surface area (Å²) in [6.45, 7) is 9.46. The lowest BCUT2D eigenvalue weighted by molar-refractivity contribution is -0.122.